The van der Waals surface area contributed by atoms with Gasteiger partial charge in [-0.25, -0.2) is 0 Å². The third kappa shape index (κ3) is 3.29. The number of amides is 1. The molecule has 16 heavy (non-hydrogen) atoms. The standard InChI is InChI=1S/C12H19N3O/c1-5-9(4)11-6-10(7-13-15-11)12(16)14-8(2)3/h6-9H,5H2,1-4H3,(H,14,16). The van der Waals surface area contributed by atoms with Gasteiger partial charge in [0.2, 0.25) is 0 Å². The number of carbonyl (C=O) groups excluding carboxylic acids is 1. The second kappa shape index (κ2) is 5.58. The van der Waals surface area contributed by atoms with Crippen molar-refractivity contribution in [2.75, 3.05) is 0 Å². The Labute approximate surface area is 96.5 Å². The van der Waals surface area contributed by atoms with Crippen molar-refractivity contribution in [3.05, 3.63) is 23.5 Å². The Kier molecular flexibility index (Phi) is 4.40. The van der Waals surface area contributed by atoms with Crippen LogP contribution in [0.5, 0.6) is 0 Å². The fourth-order valence-electron chi connectivity index (χ4n) is 1.30. The van der Waals surface area contributed by atoms with Crippen LogP contribution < -0.4 is 5.32 Å². The van der Waals surface area contributed by atoms with E-state index >= 15 is 0 Å². The Morgan fingerprint density at radius 3 is 2.69 bits per heavy atom. The average Bonchev–Trinajstić information content (AvgIpc) is 2.27. The molecule has 1 rings (SSSR count). The van der Waals surface area contributed by atoms with E-state index in [0.29, 0.717) is 11.5 Å². The van der Waals surface area contributed by atoms with E-state index in [2.05, 4.69) is 29.4 Å². The fraction of sp³-hybridized carbons (Fsp3) is 0.583. The van der Waals surface area contributed by atoms with Gasteiger partial charge in [-0.2, -0.15) is 10.2 Å². The number of nitrogens with zero attached hydrogens (tertiary/aromatic N) is 2. The largest absolute Gasteiger partial charge is 0.350 e. The molecule has 4 heteroatoms. The molecule has 0 aromatic carbocycles. The summed E-state index contributed by atoms with van der Waals surface area (Å²) in [5.74, 6) is 0.244. The lowest BCUT2D eigenvalue weighted by Crippen LogP contribution is -2.30. The van der Waals surface area contributed by atoms with Gasteiger partial charge in [-0.05, 0) is 32.3 Å². The number of rotatable bonds is 4. The van der Waals surface area contributed by atoms with Gasteiger partial charge in [0.15, 0.2) is 0 Å². The second-order valence-corrected chi connectivity index (χ2v) is 4.31. The third-order valence-corrected chi connectivity index (χ3v) is 2.47. The van der Waals surface area contributed by atoms with E-state index in [1.807, 2.05) is 19.9 Å². The molecular weight excluding hydrogens is 202 g/mol. The van der Waals surface area contributed by atoms with Gasteiger partial charge in [-0.3, -0.25) is 4.79 Å². The zero-order valence-electron chi connectivity index (χ0n) is 10.3. The number of hydrogen-bond donors (Lipinski definition) is 1. The molecule has 0 aliphatic carbocycles. The molecule has 1 unspecified atom stereocenters. The highest BCUT2D eigenvalue weighted by atomic mass is 16.1. The van der Waals surface area contributed by atoms with Crippen molar-refractivity contribution in [2.45, 2.75) is 46.1 Å². The molecule has 1 heterocycles. The number of carbonyl (C=O) groups is 1. The van der Waals surface area contributed by atoms with Gasteiger partial charge < -0.3 is 5.32 Å². The zero-order valence-corrected chi connectivity index (χ0v) is 10.3. The first-order valence-corrected chi connectivity index (χ1v) is 5.68. The van der Waals surface area contributed by atoms with Crippen LogP contribution in [-0.4, -0.2) is 22.1 Å². The Balaban J connectivity index is 2.85. The fourth-order valence-corrected chi connectivity index (χ4v) is 1.30. The topological polar surface area (TPSA) is 54.9 Å². The first kappa shape index (κ1) is 12.6. The van der Waals surface area contributed by atoms with Crippen LogP contribution in [-0.2, 0) is 0 Å². The van der Waals surface area contributed by atoms with E-state index < -0.39 is 0 Å². The van der Waals surface area contributed by atoms with Crippen molar-refractivity contribution in [2.24, 2.45) is 0 Å². The molecule has 1 aromatic heterocycles. The average molecular weight is 221 g/mol. The number of nitrogens with one attached hydrogen (secondary N) is 1. The van der Waals surface area contributed by atoms with Crippen LogP contribution in [0.1, 0.15) is 56.1 Å². The molecule has 0 spiro atoms. The first-order chi connectivity index (χ1) is 7.54. The maximum atomic E-state index is 11.7. The molecule has 1 atom stereocenters. The smallest absolute Gasteiger partial charge is 0.253 e. The lowest BCUT2D eigenvalue weighted by molar-refractivity contribution is 0.0942. The van der Waals surface area contributed by atoms with E-state index in [0.717, 1.165) is 12.1 Å². The molecule has 4 nitrogen and oxygen atoms in total. The summed E-state index contributed by atoms with van der Waals surface area (Å²) in [6, 6.07) is 1.95. The minimum absolute atomic E-state index is 0.0885. The minimum atomic E-state index is -0.0885. The van der Waals surface area contributed by atoms with Crippen molar-refractivity contribution < 1.29 is 4.79 Å². The summed E-state index contributed by atoms with van der Waals surface area (Å²) in [5.41, 5.74) is 1.46. The summed E-state index contributed by atoms with van der Waals surface area (Å²) >= 11 is 0. The zero-order chi connectivity index (χ0) is 12.1. The van der Waals surface area contributed by atoms with Gasteiger partial charge in [-0.15, -0.1) is 0 Å². The van der Waals surface area contributed by atoms with E-state index in [1.165, 1.54) is 6.20 Å². The van der Waals surface area contributed by atoms with Crippen LogP contribution in [0.2, 0.25) is 0 Å². The quantitative estimate of drug-likeness (QED) is 0.847. The minimum Gasteiger partial charge on any atom is -0.350 e. The molecule has 1 aromatic rings. The second-order valence-electron chi connectivity index (χ2n) is 4.31. The van der Waals surface area contributed by atoms with Crippen LogP contribution in [0.25, 0.3) is 0 Å². The maximum Gasteiger partial charge on any atom is 0.253 e. The lowest BCUT2D eigenvalue weighted by atomic mass is 10.0. The monoisotopic (exact) mass is 221 g/mol. The summed E-state index contributed by atoms with van der Waals surface area (Å²) < 4.78 is 0. The van der Waals surface area contributed by atoms with E-state index in [4.69, 9.17) is 0 Å². The molecular formula is C12H19N3O. The highest BCUT2D eigenvalue weighted by Crippen LogP contribution is 2.15. The van der Waals surface area contributed by atoms with Crippen LogP contribution in [0.15, 0.2) is 12.3 Å². The number of hydrogen-bond acceptors (Lipinski definition) is 3. The molecule has 0 aliphatic heterocycles. The van der Waals surface area contributed by atoms with Gasteiger partial charge >= 0.3 is 0 Å². The normalized spacial score (nSPS) is 12.6. The molecule has 88 valence electrons. The van der Waals surface area contributed by atoms with Gasteiger partial charge in [0.1, 0.15) is 0 Å². The SMILES string of the molecule is CCC(C)c1cc(C(=O)NC(C)C)cnn1. The van der Waals surface area contributed by atoms with Crippen molar-refractivity contribution in [3.63, 3.8) is 0 Å². The van der Waals surface area contributed by atoms with Crippen LogP contribution >= 0.6 is 0 Å². The lowest BCUT2D eigenvalue weighted by Gasteiger charge is -2.10. The first-order valence-electron chi connectivity index (χ1n) is 5.68. The molecule has 0 bridgehead atoms. The van der Waals surface area contributed by atoms with Gasteiger partial charge in [0.05, 0.1) is 17.5 Å². The van der Waals surface area contributed by atoms with Crippen molar-refractivity contribution in [3.8, 4) is 0 Å². The van der Waals surface area contributed by atoms with E-state index in [9.17, 15) is 4.79 Å². The highest BCUT2D eigenvalue weighted by Gasteiger charge is 2.11. The van der Waals surface area contributed by atoms with Crippen molar-refractivity contribution >= 4 is 5.91 Å². The van der Waals surface area contributed by atoms with Crippen LogP contribution in [0.3, 0.4) is 0 Å². The van der Waals surface area contributed by atoms with E-state index in [1.54, 1.807) is 0 Å². The Morgan fingerprint density at radius 2 is 2.12 bits per heavy atom. The molecule has 0 saturated heterocycles. The van der Waals surface area contributed by atoms with Gasteiger partial charge in [0.25, 0.3) is 5.91 Å². The molecule has 0 fully saturated rings. The highest BCUT2D eigenvalue weighted by molar-refractivity contribution is 5.94. The van der Waals surface area contributed by atoms with E-state index in [-0.39, 0.29) is 11.9 Å². The summed E-state index contributed by atoms with van der Waals surface area (Å²) in [7, 11) is 0. The van der Waals surface area contributed by atoms with Crippen LogP contribution in [0.4, 0.5) is 0 Å². The Bertz CT molecular complexity index is 363. The molecule has 0 saturated carbocycles. The Hall–Kier alpha value is -1.45. The number of aromatic nitrogens is 2. The summed E-state index contributed by atoms with van der Waals surface area (Å²) in [6.07, 6.45) is 2.49. The predicted molar refractivity (Wildman–Crippen MR) is 63.3 cm³/mol. The van der Waals surface area contributed by atoms with Crippen LogP contribution in [0, 0.1) is 0 Å². The molecule has 1 amide bonds. The third-order valence-electron chi connectivity index (χ3n) is 2.47. The maximum absolute atomic E-state index is 11.7. The van der Waals surface area contributed by atoms with Gasteiger partial charge in [-0.1, -0.05) is 13.8 Å². The summed E-state index contributed by atoms with van der Waals surface area (Å²) in [5, 5.41) is 10.7. The molecule has 0 aliphatic rings. The van der Waals surface area contributed by atoms with Crippen molar-refractivity contribution in [1.29, 1.82) is 0 Å². The summed E-state index contributed by atoms with van der Waals surface area (Å²) in [4.78, 5) is 11.7. The summed E-state index contributed by atoms with van der Waals surface area (Å²) in [6.45, 7) is 8.03. The van der Waals surface area contributed by atoms with Crippen molar-refractivity contribution in [1.82, 2.24) is 15.5 Å². The molecule has 0 radical (unpaired) electrons. The predicted octanol–water partition coefficient (Wildman–Crippen LogP) is 2.13. The molecule has 1 N–H and O–H groups in total. The van der Waals surface area contributed by atoms with Gasteiger partial charge in [0, 0.05) is 6.04 Å². The Morgan fingerprint density at radius 1 is 1.44 bits per heavy atom.